The third kappa shape index (κ3) is 3.35. The molecule has 1 saturated carbocycles. The average molecular weight is 301 g/mol. The van der Waals surface area contributed by atoms with Crippen LogP contribution < -0.4 is 20.5 Å². The third-order valence-corrected chi connectivity index (χ3v) is 3.49. The number of hydrogen-bond acceptors (Lipinski definition) is 4. The van der Waals surface area contributed by atoms with Crippen molar-refractivity contribution >= 4 is 18.3 Å². The molecule has 1 aliphatic rings. The molecule has 1 unspecified atom stereocenters. The van der Waals surface area contributed by atoms with E-state index in [0.717, 1.165) is 29.9 Å². The molecule has 0 spiro atoms. The highest BCUT2D eigenvalue weighted by atomic mass is 35.5. The third-order valence-electron chi connectivity index (χ3n) is 3.49. The van der Waals surface area contributed by atoms with Gasteiger partial charge in [0.2, 0.25) is 5.91 Å². The van der Waals surface area contributed by atoms with E-state index in [1.807, 2.05) is 25.1 Å². The van der Waals surface area contributed by atoms with E-state index in [2.05, 4.69) is 5.32 Å². The Morgan fingerprint density at radius 3 is 2.50 bits per heavy atom. The van der Waals surface area contributed by atoms with Crippen LogP contribution in [0.3, 0.4) is 0 Å². The standard InChI is InChI=1S/C14H20N2O3.ClH/c1-9(16-13(17)14(15)6-7-14)11-8-10(18-2)4-5-12(11)19-3;/h4-5,8-9H,6-7,15H2,1-3H3,(H,16,17);1H. The largest absolute Gasteiger partial charge is 0.497 e. The molecule has 1 aromatic rings. The highest BCUT2D eigenvalue weighted by Crippen LogP contribution is 2.34. The monoisotopic (exact) mass is 300 g/mol. The van der Waals surface area contributed by atoms with Crippen molar-refractivity contribution in [2.45, 2.75) is 31.3 Å². The summed E-state index contributed by atoms with van der Waals surface area (Å²) in [6, 6.07) is 5.33. The molecular formula is C14H21ClN2O3. The van der Waals surface area contributed by atoms with Gasteiger partial charge in [0.05, 0.1) is 25.8 Å². The zero-order chi connectivity index (χ0) is 14.0. The summed E-state index contributed by atoms with van der Waals surface area (Å²) < 4.78 is 10.5. The maximum absolute atomic E-state index is 12.0. The lowest BCUT2D eigenvalue weighted by molar-refractivity contribution is -0.123. The molecule has 0 heterocycles. The maximum Gasteiger partial charge on any atom is 0.240 e. The number of ether oxygens (including phenoxy) is 2. The summed E-state index contributed by atoms with van der Waals surface area (Å²) in [6.45, 7) is 1.90. The molecule has 3 N–H and O–H groups in total. The first-order valence-electron chi connectivity index (χ1n) is 6.32. The van der Waals surface area contributed by atoms with Crippen LogP contribution in [0.25, 0.3) is 0 Å². The Hall–Kier alpha value is -1.46. The molecule has 1 fully saturated rings. The number of methoxy groups -OCH3 is 2. The lowest BCUT2D eigenvalue weighted by atomic mass is 10.1. The SMILES string of the molecule is COc1ccc(OC)c(C(C)NC(=O)C2(N)CC2)c1.Cl. The number of hydrogen-bond donors (Lipinski definition) is 2. The van der Waals surface area contributed by atoms with Crippen molar-refractivity contribution in [2.24, 2.45) is 5.73 Å². The Bertz CT molecular complexity index is 489. The molecule has 0 saturated heterocycles. The average Bonchev–Trinajstić information content (AvgIpc) is 3.17. The maximum atomic E-state index is 12.0. The van der Waals surface area contributed by atoms with E-state index in [-0.39, 0.29) is 24.4 Å². The number of carbonyl (C=O) groups excluding carboxylic acids is 1. The molecule has 1 amide bonds. The van der Waals surface area contributed by atoms with Gasteiger partial charge in [0, 0.05) is 5.56 Å². The summed E-state index contributed by atoms with van der Waals surface area (Å²) in [5.74, 6) is 1.34. The van der Waals surface area contributed by atoms with Gasteiger partial charge in [-0.25, -0.2) is 0 Å². The van der Waals surface area contributed by atoms with E-state index < -0.39 is 5.54 Å². The second-order valence-electron chi connectivity index (χ2n) is 4.96. The second-order valence-corrected chi connectivity index (χ2v) is 4.96. The molecule has 6 heteroatoms. The summed E-state index contributed by atoms with van der Waals surface area (Å²) in [6.07, 6.45) is 1.50. The molecule has 0 radical (unpaired) electrons. The van der Waals surface area contributed by atoms with Gasteiger partial charge in [0.1, 0.15) is 11.5 Å². The normalized spacial score (nSPS) is 16.6. The van der Waals surface area contributed by atoms with Crippen LogP contribution in [0.4, 0.5) is 0 Å². The number of carbonyl (C=O) groups is 1. The molecule has 20 heavy (non-hydrogen) atoms. The van der Waals surface area contributed by atoms with Crippen LogP contribution in [0, 0.1) is 0 Å². The van der Waals surface area contributed by atoms with Crippen LogP contribution in [0.5, 0.6) is 11.5 Å². The Balaban J connectivity index is 0.00000200. The zero-order valence-corrected chi connectivity index (χ0v) is 12.8. The van der Waals surface area contributed by atoms with Crippen LogP contribution in [0.1, 0.15) is 31.4 Å². The summed E-state index contributed by atoms with van der Waals surface area (Å²) in [5.41, 5.74) is 6.08. The minimum absolute atomic E-state index is 0. The minimum atomic E-state index is -0.666. The molecule has 1 aromatic carbocycles. The van der Waals surface area contributed by atoms with Gasteiger partial charge < -0.3 is 20.5 Å². The lowest BCUT2D eigenvalue weighted by Crippen LogP contribution is -2.43. The number of amides is 1. The molecule has 1 atom stereocenters. The summed E-state index contributed by atoms with van der Waals surface area (Å²) in [5, 5.41) is 2.93. The molecule has 2 rings (SSSR count). The lowest BCUT2D eigenvalue weighted by Gasteiger charge is -2.20. The van der Waals surface area contributed by atoms with Crippen molar-refractivity contribution in [1.29, 1.82) is 0 Å². The fraction of sp³-hybridized carbons (Fsp3) is 0.500. The van der Waals surface area contributed by atoms with Crippen molar-refractivity contribution < 1.29 is 14.3 Å². The Labute approximate surface area is 125 Å². The van der Waals surface area contributed by atoms with Gasteiger partial charge in [-0.2, -0.15) is 0 Å². The first-order valence-corrected chi connectivity index (χ1v) is 6.32. The quantitative estimate of drug-likeness (QED) is 0.869. The van der Waals surface area contributed by atoms with E-state index >= 15 is 0 Å². The second kappa shape index (κ2) is 6.33. The Morgan fingerprint density at radius 1 is 1.35 bits per heavy atom. The minimum Gasteiger partial charge on any atom is -0.497 e. The van der Waals surface area contributed by atoms with Gasteiger partial charge in [-0.3, -0.25) is 4.79 Å². The van der Waals surface area contributed by atoms with Crippen LogP contribution in [-0.4, -0.2) is 25.7 Å². The predicted molar refractivity (Wildman–Crippen MR) is 79.5 cm³/mol. The Kier molecular flexibility index (Phi) is 5.25. The van der Waals surface area contributed by atoms with Gasteiger partial charge in [0.15, 0.2) is 0 Å². The number of benzene rings is 1. The van der Waals surface area contributed by atoms with Crippen molar-refractivity contribution in [2.75, 3.05) is 14.2 Å². The van der Waals surface area contributed by atoms with Crippen LogP contribution in [0.2, 0.25) is 0 Å². The van der Waals surface area contributed by atoms with Gasteiger partial charge in [-0.05, 0) is 38.0 Å². The van der Waals surface area contributed by atoms with Gasteiger partial charge >= 0.3 is 0 Å². The van der Waals surface area contributed by atoms with Crippen molar-refractivity contribution in [1.82, 2.24) is 5.32 Å². The van der Waals surface area contributed by atoms with E-state index in [9.17, 15) is 4.79 Å². The molecular weight excluding hydrogens is 280 g/mol. The molecule has 112 valence electrons. The molecule has 5 nitrogen and oxygen atoms in total. The van der Waals surface area contributed by atoms with E-state index in [0.29, 0.717) is 0 Å². The van der Waals surface area contributed by atoms with Gasteiger partial charge in [-0.15, -0.1) is 12.4 Å². The van der Waals surface area contributed by atoms with E-state index in [4.69, 9.17) is 15.2 Å². The number of rotatable bonds is 5. The molecule has 0 aromatic heterocycles. The fourth-order valence-electron chi connectivity index (χ4n) is 1.96. The van der Waals surface area contributed by atoms with Crippen molar-refractivity contribution in [3.05, 3.63) is 23.8 Å². The molecule has 0 aliphatic heterocycles. The van der Waals surface area contributed by atoms with Crippen molar-refractivity contribution in [3.8, 4) is 11.5 Å². The van der Waals surface area contributed by atoms with Gasteiger partial charge in [0.25, 0.3) is 0 Å². The van der Waals surface area contributed by atoms with Gasteiger partial charge in [-0.1, -0.05) is 0 Å². The van der Waals surface area contributed by atoms with E-state index in [1.54, 1.807) is 14.2 Å². The van der Waals surface area contributed by atoms with E-state index in [1.165, 1.54) is 0 Å². The molecule has 0 bridgehead atoms. The first-order chi connectivity index (χ1) is 9.00. The van der Waals surface area contributed by atoms with Crippen LogP contribution in [-0.2, 0) is 4.79 Å². The zero-order valence-electron chi connectivity index (χ0n) is 11.9. The van der Waals surface area contributed by atoms with Crippen LogP contribution >= 0.6 is 12.4 Å². The first kappa shape index (κ1) is 16.6. The number of halogens is 1. The number of nitrogens with two attached hydrogens (primary N) is 1. The predicted octanol–water partition coefficient (Wildman–Crippen LogP) is 1.79. The molecule has 1 aliphatic carbocycles. The topological polar surface area (TPSA) is 73.6 Å². The number of nitrogens with one attached hydrogen (secondary N) is 1. The van der Waals surface area contributed by atoms with Crippen LogP contribution in [0.15, 0.2) is 18.2 Å². The fourth-order valence-corrected chi connectivity index (χ4v) is 1.96. The summed E-state index contributed by atoms with van der Waals surface area (Å²) in [7, 11) is 3.21. The highest BCUT2D eigenvalue weighted by molar-refractivity contribution is 5.89. The smallest absolute Gasteiger partial charge is 0.240 e. The van der Waals surface area contributed by atoms with Crippen molar-refractivity contribution in [3.63, 3.8) is 0 Å². The Morgan fingerprint density at radius 2 is 2.00 bits per heavy atom. The summed E-state index contributed by atoms with van der Waals surface area (Å²) >= 11 is 0. The summed E-state index contributed by atoms with van der Waals surface area (Å²) in [4.78, 5) is 12.0. The highest BCUT2D eigenvalue weighted by Gasteiger charge is 2.46.